The zero-order chi connectivity index (χ0) is 13.1. The molecule has 6 nitrogen and oxygen atoms in total. The van der Waals surface area contributed by atoms with E-state index < -0.39 is 5.97 Å². The molecule has 0 saturated heterocycles. The molecule has 100 valence electrons. The molecular weight excluding hydrogens is 226 g/mol. The van der Waals surface area contributed by atoms with Gasteiger partial charge in [-0.2, -0.15) is 0 Å². The maximum atomic E-state index is 11.1. The van der Waals surface area contributed by atoms with Crippen molar-refractivity contribution in [1.82, 2.24) is 0 Å². The van der Waals surface area contributed by atoms with Gasteiger partial charge < -0.3 is 19.9 Å². The van der Waals surface area contributed by atoms with E-state index in [0.717, 1.165) is 12.8 Å². The Morgan fingerprint density at radius 1 is 1.18 bits per heavy atom. The minimum Gasteiger partial charge on any atom is -0.464 e. The Kier molecular flexibility index (Phi) is 9.37. The second-order valence-electron chi connectivity index (χ2n) is 3.73. The van der Waals surface area contributed by atoms with E-state index in [9.17, 15) is 9.59 Å². The zero-order valence-corrected chi connectivity index (χ0v) is 10.4. The summed E-state index contributed by atoms with van der Waals surface area (Å²) >= 11 is 0. The summed E-state index contributed by atoms with van der Waals surface area (Å²) in [5.74, 6) is -0.787. The fourth-order valence-corrected chi connectivity index (χ4v) is 1.03. The van der Waals surface area contributed by atoms with Gasteiger partial charge in [0, 0.05) is 13.0 Å². The minimum atomic E-state index is -0.419. The van der Waals surface area contributed by atoms with E-state index in [1.54, 1.807) is 0 Å². The van der Waals surface area contributed by atoms with Gasteiger partial charge in [0.1, 0.15) is 13.2 Å². The Balaban J connectivity index is 3.26. The molecule has 0 aromatic carbocycles. The quantitative estimate of drug-likeness (QED) is 0.464. The molecule has 0 spiro atoms. The second kappa shape index (κ2) is 10.0. The normalized spacial score (nSPS) is 11.9. The molecule has 1 atom stereocenters. The largest absolute Gasteiger partial charge is 0.464 e. The number of carbonyl (C=O) groups excluding carboxylic acids is 2. The van der Waals surface area contributed by atoms with Gasteiger partial charge in [-0.05, 0) is 19.8 Å². The van der Waals surface area contributed by atoms with E-state index in [1.165, 1.54) is 6.92 Å². The summed E-state index contributed by atoms with van der Waals surface area (Å²) in [6.45, 7) is 3.78. The first kappa shape index (κ1) is 15.9. The molecule has 2 N–H and O–H groups in total. The molecule has 0 aliphatic carbocycles. The second-order valence-corrected chi connectivity index (χ2v) is 3.73. The van der Waals surface area contributed by atoms with Gasteiger partial charge >= 0.3 is 11.9 Å². The van der Waals surface area contributed by atoms with Crippen LogP contribution in [0.4, 0.5) is 0 Å². The average Bonchev–Trinajstić information content (AvgIpc) is 2.23. The Hall–Kier alpha value is -1.14. The van der Waals surface area contributed by atoms with Gasteiger partial charge in [-0.15, -0.1) is 0 Å². The van der Waals surface area contributed by atoms with Crippen LogP contribution in [-0.4, -0.2) is 44.4 Å². The molecule has 0 heterocycles. The molecule has 17 heavy (non-hydrogen) atoms. The molecule has 0 rings (SSSR count). The van der Waals surface area contributed by atoms with Crippen LogP contribution in [0.25, 0.3) is 0 Å². The summed E-state index contributed by atoms with van der Waals surface area (Å²) in [6, 6.07) is 0.119. The van der Waals surface area contributed by atoms with E-state index >= 15 is 0 Å². The maximum absolute atomic E-state index is 11.1. The van der Waals surface area contributed by atoms with Crippen molar-refractivity contribution in [3.63, 3.8) is 0 Å². The van der Waals surface area contributed by atoms with Crippen molar-refractivity contribution in [2.24, 2.45) is 5.73 Å². The lowest BCUT2D eigenvalue weighted by Crippen LogP contribution is -2.18. The Bertz CT molecular complexity index is 230. The molecule has 0 aliphatic heterocycles. The van der Waals surface area contributed by atoms with Crippen molar-refractivity contribution in [3.05, 3.63) is 0 Å². The van der Waals surface area contributed by atoms with E-state index in [4.69, 9.17) is 15.2 Å². The number of carbonyl (C=O) groups is 2. The summed E-state index contributed by atoms with van der Waals surface area (Å²) in [7, 11) is 0. The van der Waals surface area contributed by atoms with E-state index in [1.807, 2.05) is 6.92 Å². The number of hydrogen-bond acceptors (Lipinski definition) is 6. The first-order chi connectivity index (χ1) is 8.02. The Morgan fingerprint density at radius 2 is 1.88 bits per heavy atom. The van der Waals surface area contributed by atoms with Gasteiger partial charge in [0.2, 0.25) is 0 Å². The van der Waals surface area contributed by atoms with Crippen LogP contribution < -0.4 is 5.73 Å². The van der Waals surface area contributed by atoms with Crippen LogP contribution in [0.2, 0.25) is 0 Å². The number of esters is 2. The van der Waals surface area contributed by atoms with Crippen molar-refractivity contribution in [2.45, 2.75) is 32.7 Å². The highest BCUT2D eigenvalue weighted by atomic mass is 16.6. The lowest BCUT2D eigenvalue weighted by atomic mass is 10.2. The third-order valence-electron chi connectivity index (χ3n) is 1.82. The van der Waals surface area contributed by atoms with Crippen molar-refractivity contribution in [1.29, 1.82) is 0 Å². The van der Waals surface area contributed by atoms with Crippen LogP contribution in [0.15, 0.2) is 0 Å². The highest BCUT2D eigenvalue weighted by Gasteiger charge is 2.03. The molecule has 0 aromatic rings. The fraction of sp³-hybridized carbons (Fsp3) is 0.818. The van der Waals surface area contributed by atoms with Gasteiger partial charge in [0.15, 0.2) is 0 Å². The third-order valence-corrected chi connectivity index (χ3v) is 1.82. The lowest BCUT2D eigenvalue weighted by Gasteiger charge is -2.07. The van der Waals surface area contributed by atoms with Crippen LogP contribution in [-0.2, 0) is 23.8 Å². The van der Waals surface area contributed by atoms with Gasteiger partial charge in [-0.1, -0.05) is 0 Å². The summed E-state index contributed by atoms with van der Waals surface area (Å²) in [6.07, 6.45) is 1.57. The molecule has 0 aromatic heterocycles. The summed E-state index contributed by atoms with van der Waals surface area (Å²) in [5.41, 5.74) is 5.54. The first-order valence-electron chi connectivity index (χ1n) is 5.64. The molecule has 0 amide bonds. The van der Waals surface area contributed by atoms with Crippen molar-refractivity contribution in [3.8, 4) is 0 Å². The zero-order valence-electron chi connectivity index (χ0n) is 10.4. The SMILES string of the molecule is CC(=O)OCCOCC(=O)OCCCC(C)N. The van der Waals surface area contributed by atoms with E-state index in [-0.39, 0.29) is 31.8 Å². The lowest BCUT2D eigenvalue weighted by molar-refractivity contribution is -0.150. The minimum absolute atomic E-state index is 0.119. The third kappa shape index (κ3) is 12.8. The number of nitrogens with two attached hydrogens (primary N) is 1. The molecule has 0 bridgehead atoms. The van der Waals surface area contributed by atoms with E-state index in [0.29, 0.717) is 6.61 Å². The van der Waals surface area contributed by atoms with Crippen molar-refractivity contribution in [2.75, 3.05) is 26.4 Å². The summed E-state index contributed by atoms with van der Waals surface area (Å²) in [5, 5.41) is 0. The monoisotopic (exact) mass is 247 g/mol. The summed E-state index contributed by atoms with van der Waals surface area (Å²) in [4.78, 5) is 21.5. The van der Waals surface area contributed by atoms with Crippen LogP contribution >= 0.6 is 0 Å². The van der Waals surface area contributed by atoms with E-state index in [2.05, 4.69) is 4.74 Å². The fourth-order valence-electron chi connectivity index (χ4n) is 1.03. The molecule has 0 aliphatic rings. The first-order valence-corrected chi connectivity index (χ1v) is 5.64. The van der Waals surface area contributed by atoms with Crippen molar-refractivity contribution < 1.29 is 23.8 Å². The van der Waals surface area contributed by atoms with Crippen molar-refractivity contribution >= 4 is 11.9 Å². The predicted octanol–water partition coefficient (Wildman–Crippen LogP) is 0.237. The number of hydrogen-bond donors (Lipinski definition) is 1. The standard InChI is InChI=1S/C11H21NO5/c1-9(12)4-3-5-17-11(14)8-15-6-7-16-10(2)13/h9H,3-8,12H2,1-2H3. The van der Waals surface area contributed by atoms with Crippen LogP contribution in [0.3, 0.4) is 0 Å². The molecule has 0 fully saturated rings. The number of ether oxygens (including phenoxy) is 3. The molecular formula is C11H21NO5. The topological polar surface area (TPSA) is 87.8 Å². The van der Waals surface area contributed by atoms with Crippen LogP contribution in [0.1, 0.15) is 26.7 Å². The number of rotatable bonds is 9. The van der Waals surface area contributed by atoms with Gasteiger partial charge in [-0.3, -0.25) is 4.79 Å². The average molecular weight is 247 g/mol. The van der Waals surface area contributed by atoms with Crippen LogP contribution in [0, 0.1) is 0 Å². The van der Waals surface area contributed by atoms with Gasteiger partial charge in [-0.25, -0.2) is 4.79 Å². The Morgan fingerprint density at radius 3 is 2.47 bits per heavy atom. The molecule has 6 heteroatoms. The smallest absolute Gasteiger partial charge is 0.332 e. The van der Waals surface area contributed by atoms with Gasteiger partial charge in [0.05, 0.1) is 13.2 Å². The summed E-state index contributed by atoms with van der Waals surface area (Å²) < 4.78 is 14.5. The molecule has 1 unspecified atom stereocenters. The highest BCUT2D eigenvalue weighted by Crippen LogP contribution is 1.94. The molecule has 0 saturated carbocycles. The predicted molar refractivity (Wildman–Crippen MR) is 61.3 cm³/mol. The Labute approximate surface area is 101 Å². The molecule has 0 radical (unpaired) electrons. The maximum Gasteiger partial charge on any atom is 0.332 e. The van der Waals surface area contributed by atoms with Gasteiger partial charge in [0.25, 0.3) is 0 Å². The van der Waals surface area contributed by atoms with Crippen LogP contribution in [0.5, 0.6) is 0 Å². The highest BCUT2D eigenvalue weighted by molar-refractivity contribution is 5.70.